The van der Waals surface area contributed by atoms with Crippen molar-refractivity contribution in [3.8, 4) is 10.6 Å². The number of thiazole rings is 1. The third-order valence-corrected chi connectivity index (χ3v) is 6.29. The van der Waals surface area contributed by atoms with Gasteiger partial charge in [-0.05, 0) is 44.2 Å². The molecule has 0 fully saturated rings. The van der Waals surface area contributed by atoms with Crippen LogP contribution >= 0.6 is 11.3 Å². The van der Waals surface area contributed by atoms with E-state index in [0.717, 1.165) is 21.7 Å². The first kappa shape index (κ1) is 15.1. The zero-order valence-electron chi connectivity index (χ0n) is 12.5. The normalized spacial score (nSPS) is 12.0. The Balaban J connectivity index is 2.09. The molecule has 3 aromatic rings. The van der Waals surface area contributed by atoms with Gasteiger partial charge in [-0.15, -0.1) is 11.3 Å². The van der Waals surface area contributed by atoms with E-state index in [-0.39, 0.29) is 4.90 Å². The maximum Gasteiger partial charge on any atom is 0.240 e. The lowest BCUT2D eigenvalue weighted by Gasteiger charge is -2.02. The summed E-state index contributed by atoms with van der Waals surface area (Å²) < 4.78 is 27.0. The topological polar surface area (TPSA) is 59.1 Å². The second-order valence-corrected chi connectivity index (χ2v) is 8.01. The molecule has 1 aromatic heterocycles. The Hall–Kier alpha value is -1.76. The lowest BCUT2D eigenvalue weighted by atomic mass is 10.1. The predicted octanol–water partition coefficient (Wildman–Crippen LogP) is 3.49. The standard InChI is InChI=1S/C16H16N2O2S2/c1-10-4-5-11(2)15-14(10)18-16(21-15)12-6-8-13(9-7-12)22(19,20)17-3/h4-9,17H,1-3H3. The van der Waals surface area contributed by atoms with Gasteiger partial charge >= 0.3 is 0 Å². The van der Waals surface area contributed by atoms with Crippen LogP contribution in [0.5, 0.6) is 0 Å². The van der Waals surface area contributed by atoms with Crippen LogP contribution in [0.2, 0.25) is 0 Å². The van der Waals surface area contributed by atoms with Crippen molar-refractivity contribution in [1.82, 2.24) is 9.71 Å². The number of nitrogens with one attached hydrogen (secondary N) is 1. The molecule has 4 nitrogen and oxygen atoms in total. The lowest BCUT2D eigenvalue weighted by Crippen LogP contribution is -2.18. The van der Waals surface area contributed by atoms with Gasteiger partial charge in [0, 0.05) is 5.56 Å². The van der Waals surface area contributed by atoms with E-state index in [1.807, 2.05) is 6.92 Å². The average Bonchev–Trinajstić information content (AvgIpc) is 2.98. The van der Waals surface area contributed by atoms with E-state index in [1.54, 1.807) is 35.6 Å². The molecule has 0 aliphatic rings. The van der Waals surface area contributed by atoms with Crippen molar-refractivity contribution >= 4 is 31.6 Å². The number of hydrogen-bond donors (Lipinski definition) is 1. The molecule has 0 amide bonds. The van der Waals surface area contributed by atoms with Gasteiger partial charge in [-0.2, -0.15) is 0 Å². The highest BCUT2D eigenvalue weighted by molar-refractivity contribution is 7.89. The molecule has 0 bridgehead atoms. The maximum atomic E-state index is 11.8. The molecule has 6 heteroatoms. The average molecular weight is 332 g/mol. The molecule has 22 heavy (non-hydrogen) atoms. The van der Waals surface area contributed by atoms with Crippen molar-refractivity contribution in [2.45, 2.75) is 18.7 Å². The van der Waals surface area contributed by atoms with Gasteiger partial charge in [-0.3, -0.25) is 0 Å². The van der Waals surface area contributed by atoms with E-state index in [2.05, 4.69) is 23.8 Å². The first-order valence-corrected chi connectivity index (χ1v) is 9.13. The van der Waals surface area contributed by atoms with Crippen LogP contribution in [0, 0.1) is 13.8 Å². The number of nitrogens with zero attached hydrogens (tertiary/aromatic N) is 1. The molecular formula is C16H16N2O2S2. The Kier molecular flexibility index (Phi) is 3.76. The number of sulfonamides is 1. The first-order valence-electron chi connectivity index (χ1n) is 6.83. The highest BCUT2D eigenvalue weighted by Crippen LogP contribution is 2.33. The lowest BCUT2D eigenvalue weighted by molar-refractivity contribution is 0.588. The minimum Gasteiger partial charge on any atom is -0.236 e. The molecule has 1 N–H and O–H groups in total. The molecule has 2 aromatic carbocycles. The summed E-state index contributed by atoms with van der Waals surface area (Å²) >= 11 is 1.63. The molecule has 0 aliphatic carbocycles. The van der Waals surface area contributed by atoms with Crippen LogP contribution in [-0.4, -0.2) is 20.4 Å². The Labute approximate surface area is 133 Å². The van der Waals surface area contributed by atoms with E-state index in [9.17, 15) is 8.42 Å². The van der Waals surface area contributed by atoms with Crippen molar-refractivity contribution < 1.29 is 8.42 Å². The van der Waals surface area contributed by atoms with Crippen LogP contribution in [0.3, 0.4) is 0 Å². The van der Waals surface area contributed by atoms with Crippen LogP contribution in [0.1, 0.15) is 11.1 Å². The molecule has 1 heterocycles. The number of aryl methyl sites for hydroxylation is 2. The highest BCUT2D eigenvalue weighted by Gasteiger charge is 2.13. The van der Waals surface area contributed by atoms with E-state index in [1.165, 1.54) is 17.3 Å². The van der Waals surface area contributed by atoms with Crippen LogP contribution < -0.4 is 4.72 Å². The summed E-state index contributed by atoms with van der Waals surface area (Å²) in [6, 6.07) is 11.0. The maximum absolute atomic E-state index is 11.8. The number of hydrogen-bond acceptors (Lipinski definition) is 4. The number of aromatic nitrogens is 1. The molecule has 0 aliphatic heterocycles. The van der Waals surface area contributed by atoms with E-state index in [4.69, 9.17) is 4.98 Å². The largest absolute Gasteiger partial charge is 0.240 e. The van der Waals surface area contributed by atoms with Gasteiger partial charge in [0.1, 0.15) is 5.01 Å². The molecule has 3 rings (SSSR count). The summed E-state index contributed by atoms with van der Waals surface area (Å²) in [6.07, 6.45) is 0. The molecule has 0 radical (unpaired) electrons. The molecule has 0 atom stereocenters. The van der Waals surface area contributed by atoms with Crippen LogP contribution in [0.4, 0.5) is 0 Å². The predicted molar refractivity (Wildman–Crippen MR) is 90.8 cm³/mol. The molecule has 0 saturated heterocycles. The quantitative estimate of drug-likeness (QED) is 0.799. The number of rotatable bonds is 3. The summed E-state index contributed by atoms with van der Waals surface area (Å²) in [5.41, 5.74) is 4.30. The van der Waals surface area contributed by atoms with Gasteiger partial charge in [0.15, 0.2) is 0 Å². The first-order chi connectivity index (χ1) is 10.4. The Morgan fingerprint density at radius 3 is 2.23 bits per heavy atom. The van der Waals surface area contributed by atoms with Crippen molar-refractivity contribution in [2.24, 2.45) is 0 Å². The van der Waals surface area contributed by atoms with Crippen molar-refractivity contribution in [3.05, 3.63) is 47.5 Å². The van der Waals surface area contributed by atoms with Gasteiger partial charge in [0.2, 0.25) is 10.0 Å². The van der Waals surface area contributed by atoms with Crippen molar-refractivity contribution in [3.63, 3.8) is 0 Å². The van der Waals surface area contributed by atoms with Crippen LogP contribution in [0.25, 0.3) is 20.8 Å². The van der Waals surface area contributed by atoms with Gasteiger partial charge in [0.05, 0.1) is 15.1 Å². The molecule has 0 spiro atoms. The van der Waals surface area contributed by atoms with Gasteiger partial charge in [0.25, 0.3) is 0 Å². The zero-order valence-corrected chi connectivity index (χ0v) is 14.2. The van der Waals surface area contributed by atoms with Crippen LogP contribution in [-0.2, 0) is 10.0 Å². The van der Waals surface area contributed by atoms with Gasteiger partial charge in [-0.25, -0.2) is 18.1 Å². The molecule has 114 valence electrons. The summed E-state index contributed by atoms with van der Waals surface area (Å²) in [7, 11) is -2.00. The minimum atomic E-state index is -3.40. The fourth-order valence-corrected chi connectivity index (χ4v) is 4.12. The summed E-state index contributed by atoms with van der Waals surface area (Å²) in [4.78, 5) is 4.97. The number of fused-ring (bicyclic) bond motifs is 1. The van der Waals surface area contributed by atoms with E-state index in [0.29, 0.717) is 0 Å². The Morgan fingerprint density at radius 1 is 1.00 bits per heavy atom. The molecular weight excluding hydrogens is 316 g/mol. The minimum absolute atomic E-state index is 0.257. The second kappa shape index (κ2) is 5.46. The zero-order chi connectivity index (χ0) is 15.9. The summed E-state index contributed by atoms with van der Waals surface area (Å²) in [5, 5.41) is 0.904. The van der Waals surface area contributed by atoms with E-state index >= 15 is 0 Å². The Bertz CT molecular complexity index is 903. The smallest absolute Gasteiger partial charge is 0.236 e. The van der Waals surface area contributed by atoms with Crippen molar-refractivity contribution in [2.75, 3.05) is 7.05 Å². The highest BCUT2D eigenvalue weighted by atomic mass is 32.2. The monoisotopic (exact) mass is 332 g/mol. The summed E-state index contributed by atoms with van der Waals surface area (Å²) in [6.45, 7) is 4.13. The third kappa shape index (κ3) is 2.54. The summed E-state index contributed by atoms with van der Waals surface area (Å²) in [5.74, 6) is 0. The fourth-order valence-electron chi connectivity index (χ4n) is 2.28. The molecule has 0 unspecified atom stereocenters. The molecule has 0 saturated carbocycles. The number of benzene rings is 2. The van der Waals surface area contributed by atoms with E-state index < -0.39 is 10.0 Å². The SMILES string of the molecule is CNS(=O)(=O)c1ccc(-c2nc3c(C)ccc(C)c3s2)cc1. The van der Waals surface area contributed by atoms with Crippen LogP contribution in [0.15, 0.2) is 41.3 Å². The Morgan fingerprint density at radius 2 is 1.64 bits per heavy atom. The van der Waals surface area contributed by atoms with Gasteiger partial charge < -0.3 is 0 Å². The third-order valence-electron chi connectivity index (χ3n) is 3.62. The van der Waals surface area contributed by atoms with Crippen molar-refractivity contribution in [1.29, 1.82) is 0 Å². The fraction of sp³-hybridized carbons (Fsp3) is 0.188. The second-order valence-electron chi connectivity index (χ2n) is 5.13. The van der Waals surface area contributed by atoms with Gasteiger partial charge in [-0.1, -0.05) is 24.3 Å².